The number of aromatic nitrogens is 2. The number of benzene rings is 2. The number of carbonyl (C=O) groups excluding carboxylic acids is 1. The molecule has 0 radical (unpaired) electrons. The molecule has 2 aromatic heterocycles. The van der Waals surface area contributed by atoms with Gasteiger partial charge in [-0.05, 0) is 42.0 Å². The van der Waals surface area contributed by atoms with Crippen LogP contribution in [-0.4, -0.2) is 49.6 Å². The molecule has 0 saturated carbocycles. The molecule has 4 aromatic rings. The highest BCUT2D eigenvalue weighted by Crippen LogP contribution is 2.45. The molecule has 196 valence electrons. The van der Waals surface area contributed by atoms with Crippen molar-refractivity contribution in [2.24, 2.45) is 0 Å². The van der Waals surface area contributed by atoms with E-state index in [9.17, 15) is 17.6 Å². The topological polar surface area (TPSA) is 102 Å². The number of hydrogen-bond donors (Lipinski definition) is 0. The van der Waals surface area contributed by atoms with Crippen LogP contribution in [0.2, 0.25) is 0 Å². The number of anilines is 1. The van der Waals surface area contributed by atoms with Gasteiger partial charge in [-0.1, -0.05) is 12.1 Å². The van der Waals surface area contributed by atoms with Gasteiger partial charge in [-0.15, -0.1) is 0 Å². The van der Waals surface area contributed by atoms with E-state index in [4.69, 9.17) is 9.47 Å². The van der Waals surface area contributed by atoms with E-state index in [-0.39, 0.29) is 36.9 Å². The number of ether oxygens (including phenoxy) is 2. The largest absolute Gasteiger partial charge is 0.497 e. The quantitative estimate of drug-likeness (QED) is 0.337. The third-order valence-electron chi connectivity index (χ3n) is 6.44. The molecule has 0 fully saturated rings. The summed E-state index contributed by atoms with van der Waals surface area (Å²) >= 11 is 0. The van der Waals surface area contributed by atoms with E-state index in [2.05, 4.69) is 9.97 Å². The van der Waals surface area contributed by atoms with Gasteiger partial charge in [-0.3, -0.25) is 19.1 Å². The molecule has 1 aliphatic heterocycles. The molecule has 3 heterocycles. The Bertz CT molecular complexity index is 1630. The van der Waals surface area contributed by atoms with Crippen LogP contribution < -0.4 is 13.8 Å². The lowest BCUT2D eigenvalue weighted by molar-refractivity contribution is 0.0761. The number of halogens is 1. The molecule has 9 nitrogen and oxygen atoms in total. The van der Waals surface area contributed by atoms with Gasteiger partial charge in [0.15, 0.2) is 5.75 Å². The molecule has 0 aliphatic carbocycles. The van der Waals surface area contributed by atoms with Gasteiger partial charge in [0.25, 0.3) is 5.91 Å². The molecule has 0 atom stereocenters. The monoisotopic (exact) mass is 536 g/mol. The van der Waals surface area contributed by atoms with E-state index < -0.39 is 15.8 Å². The third-order valence-corrected chi connectivity index (χ3v) is 7.62. The molecule has 1 amide bonds. The van der Waals surface area contributed by atoms with E-state index in [0.717, 1.165) is 22.3 Å². The molecule has 0 saturated heterocycles. The first-order chi connectivity index (χ1) is 18.2. The second-order valence-electron chi connectivity index (χ2n) is 8.93. The van der Waals surface area contributed by atoms with Crippen LogP contribution in [0.5, 0.6) is 11.5 Å². The minimum Gasteiger partial charge on any atom is -0.497 e. The van der Waals surface area contributed by atoms with Gasteiger partial charge < -0.3 is 14.4 Å². The van der Waals surface area contributed by atoms with E-state index in [0.29, 0.717) is 33.6 Å². The summed E-state index contributed by atoms with van der Waals surface area (Å²) in [6.45, 7) is 0.375. The zero-order valence-electron chi connectivity index (χ0n) is 21.0. The van der Waals surface area contributed by atoms with Crippen LogP contribution in [0.25, 0.3) is 10.9 Å². The van der Waals surface area contributed by atoms with Crippen molar-refractivity contribution in [2.75, 3.05) is 24.7 Å². The average molecular weight is 537 g/mol. The van der Waals surface area contributed by atoms with E-state index >= 15 is 0 Å². The van der Waals surface area contributed by atoms with Crippen molar-refractivity contribution >= 4 is 32.5 Å². The first-order valence-electron chi connectivity index (χ1n) is 11.7. The van der Waals surface area contributed by atoms with E-state index in [1.165, 1.54) is 24.1 Å². The van der Waals surface area contributed by atoms with Crippen molar-refractivity contribution in [1.82, 2.24) is 14.9 Å². The molecule has 0 bridgehead atoms. The molecule has 38 heavy (non-hydrogen) atoms. The van der Waals surface area contributed by atoms with Crippen molar-refractivity contribution in [3.8, 4) is 11.5 Å². The smallest absolute Gasteiger partial charge is 0.258 e. The maximum atomic E-state index is 13.8. The molecule has 5 rings (SSSR count). The Kier molecular flexibility index (Phi) is 6.62. The highest BCUT2D eigenvalue weighted by atomic mass is 32.2. The fourth-order valence-electron chi connectivity index (χ4n) is 4.48. The Morgan fingerprint density at radius 1 is 1.11 bits per heavy atom. The van der Waals surface area contributed by atoms with Crippen LogP contribution in [0.1, 0.15) is 27.2 Å². The Morgan fingerprint density at radius 2 is 1.87 bits per heavy atom. The maximum Gasteiger partial charge on any atom is 0.258 e. The number of nitrogens with zero attached hydrogens (tertiary/aromatic N) is 4. The summed E-state index contributed by atoms with van der Waals surface area (Å²) in [6, 6.07) is 13.6. The summed E-state index contributed by atoms with van der Waals surface area (Å²) < 4.78 is 51.3. The van der Waals surface area contributed by atoms with Gasteiger partial charge >= 0.3 is 0 Å². The number of hydrogen-bond acceptors (Lipinski definition) is 7. The fourth-order valence-corrected chi connectivity index (χ4v) is 5.02. The number of rotatable bonds is 8. The lowest BCUT2D eigenvalue weighted by Crippen LogP contribution is -2.26. The Balaban J connectivity index is 1.63. The summed E-state index contributed by atoms with van der Waals surface area (Å²) in [5, 5.41) is 0.540. The minimum atomic E-state index is -3.67. The Morgan fingerprint density at radius 3 is 2.53 bits per heavy atom. The first-order valence-corrected chi connectivity index (χ1v) is 13.5. The highest BCUT2D eigenvalue weighted by molar-refractivity contribution is 7.92. The lowest BCUT2D eigenvalue weighted by Gasteiger charge is -2.23. The van der Waals surface area contributed by atoms with Crippen LogP contribution >= 0.6 is 0 Å². The molecular formula is C27H25FN4O5S. The molecule has 1 aliphatic rings. The maximum absolute atomic E-state index is 13.8. The van der Waals surface area contributed by atoms with Crippen LogP contribution in [0.3, 0.4) is 0 Å². The van der Waals surface area contributed by atoms with Gasteiger partial charge in [0.2, 0.25) is 10.0 Å². The number of fused-ring (bicyclic) bond motifs is 2. The fraction of sp³-hybridized carbons (Fsp3) is 0.222. The normalized spacial score (nSPS) is 13.1. The Hall–Kier alpha value is -4.25. The molecule has 0 unspecified atom stereocenters. The molecule has 0 N–H and O–H groups in total. The zero-order chi connectivity index (χ0) is 27.0. The molecular weight excluding hydrogens is 511 g/mol. The predicted octanol–water partition coefficient (Wildman–Crippen LogP) is 3.91. The summed E-state index contributed by atoms with van der Waals surface area (Å²) in [6.07, 6.45) is 3.76. The number of carbonyl (C=O) groups is 1. The third kappa shape index (κ3) is 4.72. The predicted molar refractivity (Wildman–Crippen MR) is 140 cm³/mol. The summed E-state index contributed by atoms with van der Waals surface area (Å²) in [5.41, 5.74) is 2.84. The zero-order valence-corrected chi connectivity index (χ0v) is 21.8. The van der Waals surface area contributed by atoms with E-state index in [1.807, 2.05) is 24.3 Å². The Labute approximate surface area is 219 Å². The summed E-state index contributed by atoms with van der Waals surface area (Å²) in [4.78, 5) is 23.9. The average Bonchev–Trinajstić information content (AvgIpc) is 3.22. The number of amides is 1. The standard InChI is InChI=1S/C27H25FN4O5S/c1-31(38(3,34)35)25-21-5-4-12-29-24(21)26(37-16-17-6-10-20(36-2)11-7-17)23-22(25)15-32(27(23)33)14-19-9-8-18(28)13-30-19/h4-13H,14-16H2,1-3H3. The second kappa shape index (κ2) is 9.90. The molecule has 0 spiro atoms. The highest BCUT2D eigenvalue weighted by Gasteiger charge is 2.38. The van der Waals surface area contributed by atoms with Crippen molar-refractivity contribution in [1.29, 1.82) is 0 Å². The van der Waals surface area contributed by atoms with Gasteiger partial charge in [-0.2, -0.15) is 0 Å². The summed E-state index contributed by atoms with van der Waals surface area (Å²) in [7, 11) is -0.641. The van der Waals surface area contributed by atoms with Gasteiger partial charge in [0.05, 0.1) is 43.1 Å². The lowest BCUT2D eigenvalue weighted by atomic mass is 10.0. The van der Waals surface area contributed by atoms with Crippen molar-refractivity contribution < 1.29 is 27.1 Å². The minimum absolute atomic E-state index is 0.109. The van der Waals surface area contributed by atoms with E-state index in [1.54, 1.807) is 25.4 Å². The van der Waals surface area contributed by atoms with Crippen LogP contribution in [0.4, 0.5) is 10.1 Å². The van der Waals surface area contributed by atoms with Crippen molar-refractivity contribution in [3.63, 3.8) is 0 Å². The van der Waals surface area contributed by atoms with Gasteiger partial charge in [0, 0.05) is 30.7 Å². The number of methoxy groups -OCH3 is 1. The van der Waals surface area contributed by atoms with Crippen molar-refractivity contribution in [2.45, 2.75) is 19.7 Å². The molecule has 11 heteroatoms. The number of pyridine rings is 2. The van der Waals surface area contributed by atoms with Crippen LogP contribution in [-0.2, 0) is 29.7 Å². The van der Waals surface area contributed by atoms with Gasteiger partial charge in [-0.25, -0.2) is 12.8 Å². The molecule has 2 aromatic carbocycles. The van der Waals surface area contributed by atoms with Crippen LogP contribution in [0, 0.1) is 5.82 Å². The van der Waals surface area contributed by atoms with Crippen LogP contribution in [0.15, 0.2) is 60.9 Å². The van der Waals surface area contributed by atoms with Crippen molar-refractivity contribution in [3.05, 3.63) is 89.1 Å². The van der Waals surface area contributed by atoms with Gasteiger partial charge in [0.1, 0.15) is 23.7 Å². The first kappa shape index (κ1) is 25.4. The number of sulfonamides is 1. The SMILES string of the molecule is COc1ccc(COc2c3c(c(N(C)S(C)(=O)=O)c4cccnc24)CN(Cc2ccc(F)cn2)C3=O)cc1. The second-order valence-corrected chi connectivity index (χ2v) is 10.9. The summed E-state index contributed by atoms with van der Waals surface area (Å²) in [5.74, 6) is 0.145.